The summed E-state index contributed by atoms with van der Waals surface area (Å²) >= 11 is 5.89. The van der Waals surface area contributed by atoms with Crippen LogP contribution in [0, 0.1) is 11.3 Å². The van der Waals surface area contributed by atoms with Crippen LogP contribution < -0.4 is 10.6 Å². The third kappa shape index (κ3) is 5.22. The van der Waals surface area contributed by atoms with Crippen molar-refractivity contribution in [2.24, 2.45) is 0 Å². The Labute approximate surface area is 145 Å². The van der Waals surface area contributed by atoms with Gasteiger partial charge in [-0.1, -0.05) is 11.6 Å². The molecule has 1 aliphatic rings. The second-order valence-electron chi connectivity index (χ2n) is 6.37. The number of carbonyl (C=O) groups is 1. The van der Waals surface area contributed by atoms with Crippen molar-refractivity contribution in [3.63, 3.8) is 0 Å². The highest BCUT2D eigenvalue weighted by Gasteiger charge is 2.29. The van der Waals surface area contributed by atoms with E-state index in [1.54, 1.807) is 20.8 Å². The van der Waals surface area contributed by atoms with Crippen LogP contribution in [0.1, 0.15) is 32.9 Å². The lowest BCUT2D eigenvalue weighted by molar-refractivity contribution is 0.0318. The predicted molar refractivity (Wildman–Crippen MR) is 87.8 cm³/mol. The minimum absolute atomic E-state index is 0.0335. The Bertz CT molecular complexity index is 641. The highest BCUT2D eigenvalue weighted by atomic mass is 35.5. The standard InChI is InChI=1S/C15H20ClN5O3/c1-15(2,3)24-14(22)20-11-8-23-5-4-9(11)19-12-7-18-10(6-17)13(16)21-12/h7,9,11H,4-5,8H2,1-3H3,(H,19,21)(H,20,22)/t9-,11+/m1/s1. The minimum atomic E-state index is -0.575. The van der Waals surface area contributed by atoms with Gasteiger partial charge in [0, 0.05) is 6.61 Å². The van der Waals surface area contributed by atoms with Gasteiger partial charge in [-0.05, 0) is 27.2 Å². The SMILES string of the molecule is CC(C)(C)OC(=O)N[C@H]1COCC[C@H]1Nc1cnc(C#N)c(Cl)n1. The van der Waals surface area contributed by atoms with Crippen LogP contribution in [-0.4, -0.2) is 47.0 Å². The number of carbonyl (C=O) groups excluding carboxylic acids is 1. The summed E-state index contributed by atoms with van der Waals surface area (Å²) in [5.41, 5.74) is -0.507. The van der Waals surface area contributed by atoms with Gasteiger partial charge >= 0.3 is 6.09 Å². The first-order valence-electron chi connectivity index (χ1n) is 7.55. The van der Waals surface area contributed by atoms with Crippen LogP contribution in [0.25, 0.3) is 0 Å². The molecule has 1 amide bonds. The van der Waals surface area contributed by atoms with Gasteiger partial charge in [0.2, 0.25) is 0 Å². The van der Waals surface area contributed by atoms with E-state index in [4.69, 9.17) is 26.3 Å². The zero-order valence-electron chi connectivity index (χ0n) is 13.8. The summed E-state index contributed by atoms with van der Waals surface area (Å²) in [7, 11) is 0. The fourth-order valence-corrected chi connectivity index (χ4v) is 2.40. The molecule has 1 aromatic rings. The Kier molecular flexibility index (Phi) is 5.80. The van der Waals surface area contributed by atoms with E-state index >= 15 is 0 Å². The van der Waals surface area contributed by atoms with Crippen molar-refractivity contribution >= 4 is 23.5 Å². The first kappa shape index (κ1) is 18.2. The number of anilines is 1. The van der Waals surface area contributed by atoms with E-state index in [0.717, 1.165) is 0 Å². The summed E-state index contributed by atoms with van der Waals surface area (Å²) in [5, 5.41) is 14.8. The summed E-state index contributed by atoms with van der Waals surface area (Å²) in [5.74, 6) is 0.432. The number of hydrogen-bond donors (Lipinski definition) is 2. The van der Waals surface area contributed by atoms with Gasteiger partial charge in [0.1, 0.15) is 17.5 Å². The van der Waals surface area contributed by atoms with Crippen molar-refractivity contribution in [3.8, 4) is 6.07 Å². The quantitative estimate of drug-likeness (QED) is 0.856. The lowest BCUT2D eigenvalue weighted by Gasteiger charge is -2.33. The largest absolute Gasteiger partial charge is 0.444 e. The Morgan fingerprint density at radius 1 is 1.50 bits per heavy atom. The predicted octanol–water partition coefficient (Wildman–Crippen LogP) is 2.10. The van der Waals surface area contributed by atoms with Crippen molar-refractivity contribution in [1.29, 1.82) is 5.26 Å². The summed E-state index contributed by atoms with van der Waals surface area (Å²) in [6, 6.07) is 1.45. The van der Waals surface area contributed by atoms with Gasteiger partial charge in [-0.25, -0.2) is 14.8 Å². The zero-order chi connectivity index (χ0) is 17.7. The number of hydrogen-bond acceptors (Lipinski definition) is 7. The maximum atomic E-state index is 12.0. The third-order valence-corrected chi connectivity index (χ3v) is 3.49. The average Bonchev–Trinajstić information content (AvgIpc) is 2.47. The highest BCUT2D eigenvalue weighted by molar-refractivity contribution is 6.30. The number of amides is 1. The molecule has 0 radical (unpaired) electrons. The molecule has 1 fully saturated rings. The molecule has 0 spiro atoms. The Balaban J connectivity index is 2.03. The number of nitrogens with one attached hydrogen (secondary N) is 2. The van der Waals surface area contributed by atoms with Gasteiger partial charge in [0.05, 0.1) is 24.9 Å². The van der Waals surface area contributed by atoms with Gasteiger partial charge < -0.3 is 20.1 Å². The third-order valence-electron chi connectivity index (χ3n) is 3.23. The number of nitriles is 1. The second-order valence-corrected chi connectivity index (χ2v) is 6.73. The average molecular weight is 354 g/mol. The van der Waals surface area contributed by atoms with E-state index in [1.165, 1.54) is 6.20 Å². The normalized spacial score (nSPS) is 20.8. The first-order chi connectivity index (χ1) is 11.3. The topological polar surface area (TPSA) is 109 Å². The molecule has 2 N–H and O–H groups in total. The lowest BCUT2D eigenvalue weighted by Crippen LogP contribution is -2.53. The molecule has 2 rings (SSSR count). The van der Waals surface area contributed by atoms with Crippen LogP contribution in [0.3, 0.4) is 0 Å². The molecule has 1 saturated heterocycles. The molecule has 2 atom stereocenters. The number of halogens is 1. The fourth-order valence-electron chi connectivity index (χ4n) is 2.21. The Morgan fingerprint density at radius 2 is 2.25 bits per heavy atom. The first-order valence-corrected chi connectivity index (χ1v) is 7.93. The van der Waals surface area contributed by atoms with Gasteiger partial charge in [-0.2, -0.15) is 5.26 Å². The Hall–Kier alpha value is -2.11. The number of alkyl carbamates (subject to hydrolysis) is 1. The molecule has 9 heteroatoms. The summed E-state index contributed by atoms with van der Waals surface area (Å²) in [4.78, 5) is 20.0. The molecule has 1 aliphatic heterocycles. The molecule has 130 valence electrons. The van der Waals surface area contributed by atoms with Crippen molar-refractivity contribution in [3.05, 3.63) is 17.0 Å². The number of rotatable bonds is 3. The van der Waals surface area contributed by atoms with Crippen molar-refractivity contribution in [2.45, 2.75) is 44.9 Å². The lowest BCUT2D eigenvalue weighted by atomic mass is 10.0. The Morgan fingerprint density at radius 3 is 2.88 bits per heavy atom. The number of ether oxygens (including phenoxy) is 2. The van der Waals surface area contributed by atoms with E-state index in [9.17, 15) is 4.79 Å². The van der Waals surface area contributed by atoms with E-state index in [-0.39, 0.29) is 22.9 Å². The van der Waals surface area contributed by atoms with E-state index in [2.05, 4.69) is 20.6 Å². The molecule has 0 aliphatic carbocycles. The maximum Gasteiger partial charge on any atom is 0.408 e. The van der Waals surface area contributed by atoms with Crippen molar-refractivity contribution in [1.82, 2.24) is 15.3 Å². The number of nitrogens with zero attached hydrogens (tertiary/aromatic N) is 3. The van der Waals surface area contributed by atoms with Crippen LogP contribution in [0.5, 0.6) is 0 Å². The molecule has 0 aromatic carbocycles. The zero-order valence-corrected chi connectivity index (χ0v) is 14.6. The van der Waals surface area contributed by atoms with Crippen LogP contribution >= 0.6 is 11.6 Å². The van der Waals surface area contributed by atoms with Gasteiger partial charge in [0.15, 0.2) is 10.8 Å². The molecule has 0 bridgehead atoms. The minimum Gasteiger partial charge on any atom is -0.444 e. The second kappa shape index (κ2) is 7.64. The van der Waals surface area contributed by atoms with Crippen molar-refractivity contribution in [2.75, 3.05) is 18.5 Å². The molecule has 0 unspecified atom stereocenters. The molecule has 8 nitrogen and oxygen atoms in total. The molecule has 2 heterocycles. The number of aromatic nitrogens is 2. The maximum absolute atomic E-state index is 12.0. The van der Waals surface area contributed by atoms with Gasteiger partial charge in [-0.15, -0.1) is 0 Å². The smallest absolute Gasteiger partial charge is 0.408 e. The monoisotopic (exact) mass is 353 g/mol. The molecular formula is C15H20ClN5O3. The summed E-state index contributed by atoms with van der Waals surface area (Å²) < 4.78 is 10.7. The van der Waals surface area contributed by atoms with Crippen LogP contribution in [0.4, 0.5) is 10.6 Å². The molecule has 0 saturated carbocycles. The molecule has 24 heavy (non-hydrogen) atoms. The van der Waals surface area contributed by atoms with Crippen molar-refractivity contribution < 1.29 is 14.3 Å². The van der Waals surface area contributed by atoms with E-state index < -0.39 is 11.7 Å². The fraction of sp³-hybridized carbons (Fsp3) is 0.600. The molecular weight excluding hydrogens is 334 g/mol. The highest BCUT2D eigenvalue weighted by Crippen LogP contribution is 2.17. The van der Waals surface area contributed by atoms with Gasteiger partial charge in [0.25, 0.3) is 0 Å². The summed E-state index contributed by atoms with van der Waals surface area (Å²) in [6.45, 7) is 6.31. The molecule has 1 aromatic heterocycles. The van der Waals surface area contributed by atoms with Crippen LogP contribution in [0.2, 0.25) is 5.15 Å². The van der Waals surface area contributed by atoms with E-state index in [1.807, 2.05) is 6.07 Å². The summed E-state index contributed by atoms with van der Waals surface area (Å²) in [6.07, 6.45) is 1.60. The van der Waals surface area contributed by atoms with Gasteiger partial charge in [-0.3, -0.25) is 0 Å². The van der Waals surface area contributed by atoms with Crippen LogP contribution in [-0.2, 0) is 9.47 Å². The van der Waals surface area contributed by atoms with Crippen LogP contribution in [0.15, 0.2) is 6.20 Å². The van der Waals surface area contributed by atoms with E-state index in [0.29, 0.717) is 25.5 Å².